The van der Waals surface area contributed by atoms with E-state index in [1.165, 1.54) is 231 Å². The van der Waals surface area contributed by atoms with Crippen LogP contribution in [0.3, 0.4) is 0 Å². The molecular formula is C83H105N3O9. The largest absolute Gasteiger partial charge is 0.493 e. The highest BCUT2D eigenvalue weighted by molar-refractivity contribution is 5.98. The number of piperazine rings is 1. The van der Waals surface area contributed by atoms with Crippen molar-refractivity contribution in [1.82, 2.24) is 14.8 Å². The number of ether oxygens (including phenoxy) is 9. The van der Waals surface area contributed by atoms with E-state index in [1.807, 2.05) is 36.5 Å². The van der Waals surface area contributed by atoms with Crippen LogP contribution in [-0.4, -0.2) is 94.8 Å². The number of nitrogens with zero attached hydrogens (tertiary/aromatic N) is 3. The molecule has 506 valence electrons. The molecule has 12 nitrogen and oxygen atoms in total. The number of hydrogen-bond acceptors (Lipinski definition) is 12. The summed E-state index contributed by atoms with van der Waals surface area (Å²) in [5.41, 5.74) is 14.0. The highest BCUT2D eigenvalue weighted by atomic mass is 16.7. The third-order valence-corrected chi connectivity index (χ3v) is 21.5. The standard InChI is InChI=1S/C30H40O3.C27H31NO3.C26H34N2O3/c1(2-5-11-23-12-6-4-7-13-23)3-10-20-31-28-19-17-25(26-14-8-9-15-27(26)28)24-16-18-29-30(21-24)33-22-32-29;1-3-8-20(9-4-1)10-5-2-6-17-29-25-15-13-22(23-11-7-16-28-27(23)25)21-12-14-24-26(18-21)31-19-30-24;1-27-13-15-28(16-14-27)12-4-5-17-29-24-11-9-21(22-6-2-3-7-23(22)24)20-8-10-25-26(18-20)31-19-30-25/h16-19,21,23H,1-15,20,22H2;7,11-16,18,20H,1-6,8-10,17,19H2;8-11,18H,2-7,12-17,19H2,1H3. The molecular weight excluding hydrogens is 1180 g/mol. The predicted molar refractivity (Wildman–Crippen MR) is 382 cm³/mol. The fourth-order valence-corrected chi connectivity index (χ4v) is 16.0. The van der Waals surface area contributed by atoms with Crippen LogP contribution < -0.4 is 42.6 Å². The van der Waals surface area contributed by atoms with Gasteiger partial charge in [0.2, 0.25) is 20.4 Å². The van der Waals surface area contributed by atoms with E-state index < -0.39 is 0 Å². The molecule has 4 aliphatic heterocycles. The van der Waals surface area contributed by atoms with Crippen LogP contribution >= 0.6 is 0 Å². The Hall–Kier alpha value is -7.15. The van der Waals surface area contributed by atoms with E-state index in [2.05, 4.69) is 94.6 Å². The maximum absolute atomic E-state index is 6.33. The van der Waals surface area contributed by atoms with Gasteiger partial charge in [0.1, 0.15) is 22.8 Å². The Morgan fingerprint density at radius 1 is 0.389 bits per heavy atom. The molecule has 0 unspecified atom stereocenters. The molecule has 7 aromatic rings. The fraction of sp³-hybridized carbons (Fsp3) is 0.530. The van der Waals surface area contributed by atoms with E-state index in [4.69, 9.17) is 42.6 Å². The summed E-state index contributed by atoms with van der Waals surface area (Å²) in [6, 6.07) is 35.8. The molecule has 0 radical (unpaired) electrons. The summed E-state index contributed by atoms with van der Waals surface area (Å²) in [6.45, 7) is 9.31. The Labute approximate surface area is 566 Å². The molecule has 5 heterocycles. The highest BCUT2D eigenvalue weighted by Gasteiger charge is 2.25. The van der Waals surface area contributed by atoms with Gasteiger partial charge in [-0.2, -0.15) is 0 Å². The predicted octanol–water partition coefficient (Wildman–Crippen LogP) is 19.8. The van der Waals surface area contributed by atoms with Gasteiger partial charge in [-0.05, 0) is 225 Å². The second-order valence-corrected chi connectivity index (χ2v) is 28.1. The van der Waals surface area contributed by atoms with Gasteiger partial charge in [0.15, 0.2) is 34.5 Å². The Balaban J connectivity index is 0.000000129. The number of hydrogen-bond donors (Lipinski definition) is 0. The Morgan fingerprint density at radius 3 is 1.34 bits per heavy atom. The van der Waals surface area contributed by atoms with E-state index >= 15 is 0 Å². The van der Waals surface area contributed by atoms with Crippen molar-refractivity contribution >= 4 is 10.9 Å². The minimum atomic E-state index is 0.286. The van der Waals surface area contributed by atoms with Crippen molar-refractivity contribution in [2.75, 3.05) is 80.0 Å². The second kappa shape index (κ2) is 34.2. The van der Waals surface area contributed by atoms with Gasteiger partial charge in [0.05, 0.1) is 19.8 Å². The maximum Gasteiger partial charge on any atom is 0.231 e. The van der Waals surface area contributed by atoms with Gasteiger partial charge < -0.3 is 52.4 Å². The number of unbranched alkanes of at least 4 members (excludes halogenated alkanes) is 7. The zero-order valence-corrected chi connectivity index (χ0v) is 57.1. The van der Waals surface area contributed by atoms with Crippen LogP contribution in [0.2, 0.25) is 0 Å². The number of benzene rings is 6. The molecule has 95 heavy (non-hydrogen) atoms. The minimum absolute atomic E-state index is 0.286. The van der Waals surface area contributed by atoms with Crippen molar-refractivity contribution in [1.29, 1.82) is 0 Å². The van der Waals surface area contributed by atoms with E-state index in [1.54, 1.807) is 0 Å². The van der Waals surface area contributed by atoms with Crippen molar-refractivity contribution in [3.8, 4) is 85.1 Å². The summed E-state index contributed by atoms with van der Waals surface area (Å²) in [6.07, 6.45) is 41.5. The lowest BCUT2D eigenvalue weighted by molar-refractivity contribution is 0.149. The molecule has 15 rings (SSSR count). The summed E-state index contributed by atoms with van der Waals surface area (Å²) < 4.78 is 52.0. The van der Waals surface area contributed by atoms with Crippen LogP contribution in [0.25, 0.3) is 44.3 Å². The first-order chi connectivity index (χ1) is 47.0. The molecule has 6 aromatic carbocycles. The molecule has 0 atom stereocenters. The molecule has 0 N–H and O–H groups in total. The number of aromatic nitrogens is 1. The third kappa shape index (κ3) is 17.7. The van der Waals surface area contributed by atoms with Crippen LogP contribution in [-0.2, 0) is 25.7 Å². The molecule has 0 amide bonds. The first-order valence-electron chi connectivity index (χ1n) is 37.2. The molecule has 1 aromatic heterocycles. The molecule has 1 saturated heterocycles. The maximum atomic E-state index is 6.33. The molecule has 2 saturated carbocycles. The lowest BCUT2D eigenvalue weighted by Gasteiger charge is -2.32. The topological polar surface area (TPSA) is 102 Å². The van der Waals surface area contributed by atoms with Crippen molar-refractivity contribution < 1.29 is 42.6 Å². The van der Waals surface area contributed by atoms with Crippen molar-refractivity contribution in [3.63, 3.8) is 0 Å². The number of likely N-dealkylation sites (N-methyl/N-ethyl adjacent to an activating group) is 1. The van der Waals surface area contributed by atoms with Gasteiger partial charge in [-0.3, -0.25) is 4.98 Å². The summed E-state index contributed by atoms with van der Waals surface area (Å²) in [4.78, 5) is 9.63. The Kier molecular flexibility index (Phi) is 23.9. The van der Waals surface area contributed by atoms with Gasteiger partial charge in [-0.25, -0.2) is 0 Å². The van der Waals surface area contributed by atoms with Gasteiger partial charge >= 0.3 is 0 Å². The van der Waals surface area contributed by atoms with Gasteiger partial charge in [-0.15, -0.1) is 0 Å². The van der Waals surface area contributed by atoms with Gasteiger partial charge in [-0.1, -0.05) is 152 Å². The fourth-order valence-electron chi connectivity index (χ4n) is 16.0. The average molecular weight is 1290 g/mol. The van der Waals surface area contributed by atoms with E-state index in [0.717, 1.165) is 144 Å². The van der Waals surface area contributed by atoms with E-state index in [0.29, 0.717) is 13.6 Å². The van der Waals surface area contributed by atoms with Crippen LogP contribution in [0.4, 0.5) is 0 Å². The Morgan fingerprint density at radius 2 is 0.811 bits per heavy atom. The quantitative estimate of drug-likeness (QED) is 0.0509. The Bertz CT molecular complexity index is 3590. The normalized spacial score (nSPS) is 17.5. The van der Waals surface area contributed by atoms with Crippen LogP contribution in [0.1, 0.15) is 189 Å². The SMILES string of the molecule is CN1CCN(CCCCOc2ccc(-c3ccc4c(c3)OCO4)c3c2CCCC3)CC1.c1cc2c(cc1-c1ccc(OCCCCCCCC3CCCCC3)c3c1CCCC3)OCO2.c1cnc2c(OCCCCCC3CCCCC3)ccc(-c3ccc4c(c3)OCO4)c2c1. The van der Waals surface area contributed by atoms with Crippen molar-refractivity contribution in [2.45, 2.75) is 193 Å². The smallest absolute Gasteiger partial charge is 0.231 e. The van der Waals surface area contributed by atoms with E-state index in [-0.39, 0.29) is 6.79 Å². The molecule has 0 bridgehead atoms. The highest BCUT2D eigenvalue weighted by Crippen LogP contribution is 2.45. The third-order valence-electron chi connectivity index (χ3n) is 21.5. The average Bonchev–Trinajstić information content (AvgIpc) is 1.55. The van der Waals surface area contributed by atoms with Crippen molar-refractivity contribution in [2.24, 2.45) is 11.8 Å². The summed E-state index contributed by atoms with van der Waals surface area (Å²) in [7, 11) is 2.21. The monoisotopic (exact) mass is 1290 g/mol. The van der Waals surface area contributed by atoms with Gasteiger partial charge in [0.25, 0.3) is 0 Å². The number of fused-ring (bicyclic) bond motifs is 6. The van der Waals surface area contributed by atoms with Gasteiger partial charge in [0, 0.05) is 37.8 Å². The van der Waals surface area contributed by atoms with Crippen LogP contribution in [0.15, 0.2) is 109 Å². The van der Waals surface area contributed by atoms with Crippen LogP contribution in [0.5, 0.6) is 51.7 Å². The molecule has 4 aliphatic carbocycles. The second-order valence-electron chi connectivity index (χ2n) is 28.1. The molecule has 12 heteroatoms. The summed E-state index contributed by atoms with van der Waals surface area (Å²) in [5, 5.41) is 1.09. The number of rotatable bonds is 25. The zero-order valence-electron chi connectivity index (χ0n) is 57.1. The number of pyridine rings is 1. The first-order valence-corrected chi connectivity index (χ1v) is 37.2. The van der Waals surface area contributed by atoms with Crippen molar-refractivity contribution in [3.05, 3.63) is 132 Å². The summed E-state index contributed by atoms with van der Waals surface area (Å²) in [5.74, 6) is 10.1. The van der Waals surface area contributed by atoms with E-state index in [9.17, 15) is 0 Å². The lowest BCUT2D eigenvalue weighted by atomic mass is 9.85. The summed E-state index contributed by atoms with van der Waals surface area (Å²) >= 11 is 0. The molecule has 0 spiro atoms. The molecule has 8 aliphatic rings. The zero-order chi connectivity index (χ0) is 64.2. The van der Waals surface area contributed by atoms with Crippen LogP contribution in [0, 0.1) is 11.8 Å². The lowest BCUT2D eigenvalue weighted by Crippen LogP contribution is -2.44. The molecule has 3 fully saturated rings. The first kappa shape index (κ1) is 66.5. The minimum Gasteiger partial charge on any atom is -0.493 e.